The number of halogens is 1. The van der Waals surface area contributed by atoms with Crippen molar-refractivity contribution in [2.45, 2.75) is 13.3 Å². The summed E-state index contributed by atoms with van der Waals surface area (Å²) >= 11 is 0. The standard InChI is InChI=1S/C19H22FN3O/c1-2-15-4-3-5-17(14-15)21-19(24)23-12-10-22(11-13-23)18-8-6-16(20)7-9-18/h3-9,14H,2,10-13H2,1H3,(H,21,24). The van der Waals surface area contributed by atoms with Gasteiger partial charge in [-0.3, -0.25) is 0 Å². The van der Waals surface area contributed by atoms with E-state index in [1.54, 1.807) is 12.1 Å². The lowest BCUT2D eigenvalue weighted by Gasteiger charge is -2.36. The Morgan fingerprint density at radius 2 is 1.79 bits per heavy atom. The molecule has 0 spiro atoms. The number of aryl methyl sites for hydroxylation is 1. The number of amides is 2. The molecule has 0 bridgehead atoms. The van der Waals surface area contributed by atoms with Crippen molar-refractivity contribution in [1.29, 1.82) is 0 Å². The molecule has 1 heterocycles. The van der Waals surface area contributed by atoms with Gasteiger partial charge in [0.25, 0.3) is 0 Å². The highest BCUT2D eigenvalue weighted by Gasteiger charge is 2.21. The minimum absolute atomic E-state index is 0.0676. The van der Waals surface area contributed by atoms with E-state index < -0.39 is 0 Å². The van der Waals surface area contributed by atoms with Crippen LogP contribution in [0.2, 0.25) is 0 Å². The average Bonchev–Trinajstić information content (AvgIpc) is 2.62. The van der Waals surface area contributed by atoms with Gasteiger partial charge in [0.2, 0.25) is 0 Å². The molecule has 126 valence electrons. The Morgan fingerprint density at radius 3 is 2.46 bits per heavy atom. The van der Waals surface area contributed by atoms with E-state index in [0.717, 1.165) is 30.9 Å². The van der Waals surface area contributed by atoms with Crippen LogP contribution < -0.4 is 10.2 Å². The third-order valence-electron chi connectivity index (χ3n) is 4.35. The van der Waals surface area contributed by atoms with Crippen molar-refractivity contribution in [3.8, 4) is 0 Å². The molecule has 1 fully saturated rings. The zero-order valence-electron chi connectivity index (χ0n) is 13.8. The van der Waals surface area contributed by atoms with Gasteiger partial charge in [-0.05, 0) is 48.4 Å². The maximum atomic E-state index is 13.0. The van der Waals surface area contributed by atoms with E-state index in [4.69, 9.17) is 0 Å². The normalized spacial score (nSPS) is 14.6. The number of carbonyl (C=O) groups is 1. The van der Waals surface area contributed by atoms with Gasteiger partial charge < -0.3 is 15.1 Å². The molecule has 24 heavy (non-hydrogen) atoms. The predicted octanol–water partition coefficient (Wildman–Crippen LogP) is 3.74. The van der Waals surface area contributed by atoms with Crippen LogP contribution in [-0.4, -0.2) is 37.1 Å². The monoisotopic (exact) mass is 327 g/mol. The summed E-state index contributed by atoms with van der Waals surface area (Å²) in [6.07, 6.45) is 0.944. The predicted molar refractivity (Wildman–Crippen MR) is 95.0 cm³/mol. The Morgan fingerprint density at radius 1 is 1.08 bits per heavy atom. The maximum Gasteiger partial charge on any atom is 0.321 e. The molecule has 2 aromatic rings. The van der Waals surface area contributed by atoms with Crippen LogP contribution in [0.3, 0.4) is 0 Å². The van der Waals surface area contributed by atoms with Gasteiger partial charge in [-0.1, -0.05) is 19.1 Å². The van der Waals surface area contributed by atoms with Gasteiger partial charge in [0.1, 0.15) is 5.82 Å². The Labute approximate surface area is 141 Å². The maximum absolute atomic E-state index is 13.0. The van der Waals surface area contributed by atoms with Crippen molar-refractivity contribution in [3.63, 3.8) is 0 Å². The van der Waals surface area contributed by atoms with Crippen molar-refractivity contribution < 1.29 is 9.18 Å². The van der Waals surface area contributed by atoms with E-state index in [2.05, 4.69) is 23.2 Å². The van der Waals surface area contributed by atoms with Crippen molar-refractivity contribution >= 4 is 17.4 Å². The highest BCUT2D eigenvalue weighted by molar-refractivity contribution is 5.89. The topological polar surface area (TPSA) is 35.6 Å². The Balaban J connectivity index is 1.55. The van der Waals surface area contributed by atoms with Crippen LogP contribution >= 0.6 is 0 Å². The Hall–Kier alpha value is -2.56. The molecule has 2 amide bonds. The van der Waals surface area contributed by atoms with E-state index in [0.29, 0.717) is 13.1 Å². The van der Waals surface area contributed by atoms with Crippen molar-refractivity contribution in [2.75, 3.05) is 36.4 Å². The molecule has 0 radical (unpaired) electrons. The van der Waals surface area contributed by atoms with Crippen LogP contribution in [0.4, 0.5) is 20.6 Å². The van der Waals surface area contributed by atoms with E-state index in [-0.39, 0.29) is 11.8 Å². The molecule has 1 aliphatic heterocycles. The quantitative estimate of drug-likeness (QED) is 0.932. The highest BCUT2D eigenvalue weighted by atomic mass is 19.1. The lowest BCUT2D eigenvalue weighted by molar-refractivity contribution is 0.208. The van der Waals surface area contributed by atoms with Gasteiger partial charge in [-0.15, -0.1) is 0 Å². The largest absolute Gasteiger partial charge is 0.368 e. The molecular weight excluding hydrogens is 305 g/mol. The van der Waals surface area contributed by atoms with Crippen molar-refractivity contribution in [3.05, 3.63) is 59.9 Å². The van der Waals surface area contributed by atoms with Crippen LogP contribution in [0.25, 0.3) is 0 Å². The number of hydrogen-bond donors (Lipinski definition) is 1. The van der Waals surface area contributed by atoms with Gasteiger partial charge in [-0.2, -0.15) is 0 Å². The summed E-state index contributed by atoms with van der Waals surface area (Å²) in [6.45, 7) is 4.88. The van der Waals surface area contributed by atoms with Gasteiger partial charge in [0, 0.05) is 37.6 Å². The Bertz CT molecular complexity index is 694. The van der Waals surface area contributed by atoms with Crippen molar-refractivity contribution in [1.82, 2.24) is 4.90 Å². The third-order valence-corrected chi connectivity index (χ3v) is 4.35. The molecule has 3 rings (SSSR count). The summed E-state index contributed by atoms with van der Waals surface area (Å²) in [7, 11) is 0. The van der Waals surface area contributed by atoms with E-state index in [1.807, 2.05) is 23.1 Å². The summed E-state index contributed by atoms with van der Waals surface area (Å²) in [6, 6.07) is 14.4. The lowest BCUT2D eigenvalue weighted by Crippen LogP contribution is -2.50. The van der Waals surface area contributed by atoms with E-state index in [1.165, 1.54) is 17.7 Å². The van der Waals surface area contributed by atoms with Gasteiger partial charge in [0.15, 0.2) is 0 Å². The van der Waals surface area contributed by atoms with Gasteiger partial charge in [0.05, 0.1) is 0 Å². The first-order valence-corrected chi connectivity index (χ1v) is 8.31. The first-order chi connectivity index (χ1) is 11.7. The fourth-order valence-corrected chi connectivity index (χ4v) is 2.89. The molecule has 2 aromatic carbocycles. The number of anilines is 2. The number of hydrogen-bond acceptors (Lipinski definition) is 2. The SMILES string of the molecule is CCc1cccc(NC(=O)N2CCN(c3ccc(F)cc3)CC2)c1. The average molecular weight is 327 g/mol. The number of nitrogens with zero attached hydrogens (tertiary/aromatic N) is 2. The molecule has 1 aliphatic rings. The van der Waals surface area contributed by atoms with Crippen LogP contribution in [0, 0.1) is 5.82 Å². The second-order valence-corrected chi connectivity index (χ2v) is 5.93. The summed E-state index contributed by atoms with van der Waals surface area (Å²) in [5.41, 5.74) is 3.03. The van der Waals surface area contributed by atoms with Crippen LogP contribution in [0.1, 0.15) is 12.5 Å². The molecule has 0 saturated carbocycles. The number of urea groups is 1. The number of carbonyl (C=O) groups excluding carboxylic acids is 1. The fourth-order valence-electron chi connectivity index (χ4n) is 2.89. The molecule has 4 nitrogen and oxygen atoms in total. The zero-order chi connectivity index (χ0) is 16.9. The molecule has 0 aliphatic carbocycles. The number of benzene rings is 2. The fraction of sp³-hybridized carbons (Fsp3) is 0.316. The minimum atomic E-state index is -0.230. The molecular formula is C19H22FN3O. The van der Waals surface area contributed by atoms with Crippen molar-refractivity contribution in [2.24, 2.45) is 0 Å². The third kappa shape index (κ3) is 3.85. The number of piperazine rings is 1. The second kappa shape index (κ2) is 7.34. The summed E-state index contributed by atoms with van der Waals surface area (Å²) in [4.78, 5) is 16.4. The summed E-state index contributed by atoms with van der Waals surface area (Å²) in [5.74, 6) is -0.230. The molecule has 1 saturated heterocycles. The summed E-state index contributed by atoms with van der Waals surface area (Å²) < 4.78 is 13.0. The van der Waals surface area contributed by atoms with Crippen LogP contribution in [-0.2, 0) is 6.42 Å². The summed E-state index contributed by atoms with van der Waals surface area (Å²) in [5, 5.41) is 2.97. The Kier molecular flexibility index (Phi) is 4.99. The first-order valence-electron chi connectivity index (χ1n) is 8.31. The van der Waals surface area contributed by atoms with E-state index >= 15 is 0 Å². The molecule has 5 heteroatoms. The van der Waals surface area contributed by atoms with Crippen LogP contribution in [0.15, 0.2) is 48.5 Å². The van der Waals surface area contributed by atoms with Gasteiger partial charge in [-0.25, -0.2) is 9.18 Å². The first kappa shape index (κ1) is 16.3. The molecule has 0 unspecified atom stereocenters. The molecule has 0 aromatic heterocycles. The number of nitrogens with one attached hydrogen (secondary N) is 1. The zero-order valence-corrected chi connectivity index (χ0v) is 13.8. The van der Waals surface area contributed by atoms with E-state index in [9.17, 15) is 9.18 Å². The molecule has 0 atom stereocenters. The van der Waals surface area contributed by atoms with Crippen LogP contribution in [0.5, 0.6) is 0 Å². The number of rotatable bonds is 3. The molecule has 1 N–H and O–H groups in total. The van der Waals surface area contributed by atoms with Gasteiger partial charge >= 0.3 is 6.03 Å². The lowest BCUT2D eigenvalue weighted by atomic mass is 10.1. The second-order valence-electron chi connectivity index (χ2n) is 5.93. The smallest absolute Gasteiger partial charge is 0.321 e. The highest BCUT2D eigenvalue weighted by Crippen LogP contribution is 2.18. The minimum Gasteiger partial charge on any atom is -0.368 e.